The maximum Gasteiger partial charge on any atom is 0.292 e. The Kier molecular flexibility index (Phi) is 3.93. The molecule has 0 fully saturated rings. The smallest absolute Gasteiger partial charge is 0.292 e. The van der Waals surface area contributed by atoms with Crippen LogP contribution in [0.1, 0.15) is 16.7 Å². The van der Waals surface area contributed by atoms with Crippen molar-refractivity contribution in [3.8, 4) is 5.75 Å². The van der Waals surface area contributed by atoms with Gasteiger partial charge in [0.2, 0.25) is 0 Å². The second-order valence-electron chi connectivity index (χ2n) is 5.20. The predicted octanol–water partition coefficient (Wildman–Crippen LogP) is 2.82. The van der Waals surface area contributed by atoms with E-state index < -0.39 is 4.92 Å². The van der Waals surface area contributed by atoms with E-state index in [1.165, 1.54) is 17.2 Å². The van der Waals surface area contributed by atoms with Crippen LogP contribution in [0.5, 0.6) is 5.75 Å². The second-order valence-corrected chi connectivity index (χ2v) is 5.20. The topological polar surface area (TPSA) is 76.4 Å². The third-order valence-electron chi connectivity index (χ3n) is 3.78. The molecule has 0 radical (unpaired) electrons. The Hall–Kier alpha value is -2.60. The summed E-state index contributed by atoms with van der Waals surface area (Å²) >= 11 is 0. The van der Waals surface area contributed by atoms with Crippen LogP contribution in [0.2, 0.25) is 0 Å². The molecule has 0 unspecified atom stereocenters. The number of hydrogen-bond donors (Lipinski definition) is 2. The van der Waals surface area contributed by atoms with E-state index in [4.69, 9.17) is 4.74 Å². The van der Waals surface area contributed by atoms with Crippen LogP contribution in [0.25, 0.3) is 0 Å². The van der Waals surface area contributed by atoms with E-state index in [0.29, 0.717) is 18.0 Å². The van der Waals surface area contributed by atoms with Gasteiger partial charge in [0.05, 0.1) is 12.0 Å². The van der Waals surface area contributed by atoms with Gasteiger partial charge in [0.1, 0.15) is 11.4 Å². The van der Waals surface area contributed by atoms with Crippen molar-refractivity contribution in [3.63, 3.8) is 0 Å². The van der Waals surface area contributed by atoms with Crippen LogP contribution in [-0.2, 0) is 19.6 Å². The molecule has 22 heavy (non-hydrogen) atoms. The number of benzene rings is 2. The van der Waals surface area contributed by atoms with E-state index in [9.17, 15) is 10.1 Å². The van der Waals surface area contributed by atoms with E-state index in [1.54, 1.807) is 19.2 Å². The van der Waals surface area contributed by atoms with Crippen LogP contribution in [0.4, 0.5) is 11.4 Å². The largest absolute Gasteiger partial charge is 0.497 e. The number of nitro groups is 1. The molecule has 6 nitrogen and oxygen atoms in total. The first-order valence-electron chi connectivity index (χ1n) is 7.05. The molecule has 0 bridgehead atoms. The summed E-state index contributed by atoms with van der Waals surface area (Å²) in [6.45, 7) is 2.31. The van der Waals surface area contributed by atoms with Gasteiger partial charge >= 0.3 is 0 Å². The average molecular weight is 299 g/mol. The number of nitrogens with zero attached hydrogens (tertiary/aromatic N) is 1. The van der Waals surface area contributed by atoms with Crippen LogP contribution in [0, 0.1) is 10.1 Å². The minimum absolute atomic E-state index is 0.0450. The Morgan fingerprint density at radius 3 is 2.82 bits per heavy atom. The molecule has 2 N–H and O–H groups in total. The average Bonchev–Trinajstić information content (AvgIpc) is 3.00. The third kappa shape index (κ3) is 2.87. The van der Waals surface area contributed by atoms with Gasteiger partial charge in [0.15, 0.2) is 0 Å². The molecule has 2 aromatic rings. The maximum absolute atomic E-state index is 11.1. The highest BCUT2D eigenvalue weighted by Crippen LogP contribution is 2.29. The van der Waals surface area contributed by atoms with Gasteiger partial charge in [-0.25, -0.2) is 0 Å². The Bertz CT molecular complexity index is 716. The zero-order chi connectivity index (χ0) is 15.5. The Balaban J connectivity index is 1.79. The molecule has 0 amide bonds. The highest BCUT2D eigenvalue weighted by atomic mass is 16.6. The number of nitro benzene ring substituents is 1. The van der Waals surface area contributed by atoms with Gasteiger partial charge in [-0.3, -0.25) is 10.1 Å². The fourth-order valence-electron chi connectivity index (χ4n) is 2.60. The molecule has 0 aliphatic carbocycles. The van der Waals surface area contributed by atoms with Gasteiger partial charge in [-0.2, -0.15) is 0 Å². The zero-order valence-electron chi connectivity index (χ0n) is 12.3. The molecule has 0 saturated heterocycles. The zero-order valence-corrected chi connectivity index (χ0v) is 12.3. The first kappa shape index (κ1) is 14.3. The normalized spacial score (nSPS) is 12.8. The summed E-state index contributed by atoms with van der Waals surface area (Å²) in [6.07, 6.45) is 0. The summed E-state index contributed by atoms with van der Waals surface area (Å²) in [5.41, 5.74) is 4.21. The highest BCUT2D eigenvalue weighted by Gasteiger charge is 2.15. The number of anilines is 1. The van der Waals surface area contributed by atoms with Crippen LogP contribution in [-0.4, -0.2) is 12.0 Å². The standard InChI is InChI=1S/C16H17N3O3/c1-22-14-4-5-16(19(20)21)15(7-14)18-8-11-2-3-12-9-17-10-13(12)6-11/h2-7,17-18H,8-10H2,1H3. The monoisotopic (exact) mass is 299 g/mol. The lowest BCUT2D eigenvalue weighted by Gasteiger charge is -2.10. The van der Waals surface area contributed by atoms with Crippen molar-refractivity contribution < 1.29 is 9.66 Å². The number of methoxy groups -OCH3 is 1. The van der Waals surface area contributed by atoms with Gasteiger partial charge in [-0.15, -0.1) is 0 Å². The van der Waals surface area contributed by atoms with E-state index in [2.05, 4.69) is 22.8 Å². The predicted molar refractivity (Wildman–Crippen MR) is 84.0 cm³/mol. The highest BCUT2D eigenvalue weighted by molar-refractivity contribution is 5.64. The van der Waals surface area contributed by atoms with Gasteiger partial charge in [0, 0.05) is 31.8 Å². The minimum Gasteiger partial charge on any atom is -0.497 e. The van der Waals surface area contributed by atoms with Crippen LogP contribution in [0.3, 0.4) is 0 Å². The molecule has 1 aliphatic rings. The Labute approximate surface area is 128 Å². The maximum atomic E-state index is 11.1. The van der Waals surface area contributed by atoms with Crippen molar-refractivity contribution >= 4 is 11.4 Å². The van der Waals surface area contributed by atoms with E-state index in [1.807, 2.05) is 6.07 Å². The number of nitrogens with one attached hydrogen (secondary N) is 2. The number of hydrogen-bond acceptors (Lipinski definition) is 5. The molecule has 0 aromatic heterocycles. The first-order valence-corrected chi connectivity index (χ1v) is 7.05. The summed E-state index contributed by atoms with van der Waals surface area (Å²) in [5, 5.41) is 17.5. The van der Waals surface area contributed by atoms with Crippen LogP contribution >= 0.6 is 0 Å². The molecule has 1 aliphatic heterocycles. The van der Waals surface area contributed by atoms with Crippen molar-refractivity contribution in [2.75, 3.05) is 12.4 Å². The number of rotatable bonds is 5. The van der Waals surface area contributed by atoms with Crippen LogP contribution < -0.4 is 15.4 Å². The third-order valence-corrected chi connectivity index (χ3v) is 3.78. The second kappa shape index (κ2) is 6.03. The minimum atomic E-state index is -0.394. The van der Waals surface area contributed by atoms with E-state index in [-0.39, 0.29) is 5.69 Å². The molecule has 3 rings (SSSR count). The summed E-state index contributed by atoms with van der Waals surface area (Å²) in [5.74, 6) is 0.589. The van der Waals surface area contributed by atoms with Crippen molar-refractivity contribution in [1.82, 2.24) is 5.32 Å². The lowest BCUT2D eigenvalue weighted by molar-refractivity contribution is -0.384. The van der Waals surface area contributed by atoms with Gasteiger partial charge in [0.25, 0.3) is 5.69 Å². The van der Waals surface area contributed by atoms with Gasteiger partial charge in [-0.05, 0) is 22.8 Å². The summed E-state index contributed by atoms with van der Waals surface area (Å²) in [4.78, 5) is 10.7. The molecular formula is C16H17N3O3. The van der Waals surface area contributed by atoms with E-state index in [0.717, 1.165) is 18.7 Å². The quantitative estimate of drug-likeness (QED) is 0.656. The SMILES string of the molecule is COc1ccc([N+](=O)[O-])c(NCc2ccc3c(c2)CNC3)c1. The van der Waals surface area contributed by atoms with Crippen molar-refractivity contribution in [1.29, 1.82) is 0 Å². The van der Waals surface area contributed by atoms with Crippen molar-refractivity contribution in [3.05, 3.63) is 63.2 Å². The van der Waals surface area contributed by atoms with Crippen LogP contribution in [0.15, 0.2) is 36.4 Å². The Morgan fingerprint density at radius 2 is 2.05 bits per heavy atom. The molecule has 0 atom stereocenters. The number of ether oxygens (including phenoxy) is 1. The Morgan fingerprint density at radius 1 is 1.23 bits per heavy atom. The summed E-state index contributed by atoms with van der Waals surface area (Å²) in [6, 6.07) is 11.0. The molecule has 1 heterocycles. The fraction of sp³-hybridized carbons (Fsp3) is 0.250. The summed E-state index contributed by atoms with van der Waals surface area (Å²) < 4.78 is 5.13. The summed E-state index contributed by atoms with van der Waals surface area (Å²) in [7, 11) is 1.54. The lowest BCUT2D eigenvalue weighted by atomic mass is 10.1. The van der Waals surface area contributed by atoms with Gasteiger partial charge < -0.3 is 15.4 Å². The van der Waals surface area contributed by atoms with Crippen molar-refractivity contribution in [2.45, 2.75) is 19.6 Å². The van der Waals surface area contributed by atoms with Gasteiger partial charge in [-0.1, -0.05) is 18.2 Å². The molecule has 0 saturated carbocycles. The number of fused-ring (bicyclic) bond motifs is 1. The molecule has 2 aromatic carbocycles. The lowest BCUT2D eigenvalue weighted by Crippen LogP contribution is -2.03. The molecule has 6 heteroatoms. The molecule has 0 spiro atoms. The molecular weight excluding hydrogens is 282 g/mol. The first-order chi connectivity index (χ1) is 10.7. The van der Waals surface area contributed by atoms with E-state index >= 15 is 0 Å². The van der Waals surface area contributed by atoms with Crippen molar-refractivity contribution in [2.24, 2.45) is 0 Å². The molecule has 114 valence electrons. The fourth-order valence-corrected chi connectivity index (χ4v) is 2.60.